The summed E-state index contributed by atoms with van der Waals surface area (Å²) in [5.74, 6) is -2.07. The molecule has 0 spiro atoms. The first-order valence-corrected chi connectivity index (χ1v) is 10.5. The molecule has 6 nitrogen and oxygen atoms in total. The number of hydrogen-bond acceptors (Lipinski definition) is 5. The fraction of sp³-hybridized carbons (Fsp3) is 0.480. The van der Waals surface area contributed by atoms with Crippen molar-refractivity contribution in [2.75, 3.05) is 6.54 Å². The SMILES string of the molecule is C=CCC(CC(=O)OC(C)(C)C)C(=O)NC[C@H](OC(=O)[C@H](C)CC=C)c1ccccc1. The second-order valence-electron chi connectivity index (χ2n) is 8.52. The van der Waals surface area contributed by atoms with E-state index in [1.54, 1.807) is 39.8 Å². The molecular weight excluding hydrogens is 394 g/mol. The van der Waals surface area contributed by atoms with Crippen LogP contribution in [0.4, 0.5) is 0 Å². The van der Waals surface area contributed by atoms with E-state index in [9.17, 15) is 14.4 Å². The highest BCUT2D eigenvalue weighted by Crippen LogP contribution is 2.20. The van der Waals surface area contributed by atoms with E-state index in [0.29, 0.717) is 12.8 Å². The molecule has 3 atom stereocenters. The summed E-state index contributed by atoms with van der Waals surface area (Å²) in [6.45, 7) is 14.5. The van der Waals surface area contributed by atoms with Gasteiger partial charge in [-0.2, -0.15) is 0 Å². The van der Waals surface area contributed by atoms with E-state index in [-0.39, 0.29) is 30.8 Å². The molecule has 31 heavy (non-hydrogen) atoms. The van der Waals surface area contributed by atoms with Gasteiger partial charge in [0.15, 0.2) is 0 Å². The third-order valence-electron chi connectivity index (χ3n) is 4.47. The highest BCUT2D eigenvalue weighted by atomic mass is 16.6. The number of allylic oxidation sites excluding steroid dienone is 2. The molecule has 170 valence electrons. The molecule has 6 heteroatoms. The lowest BCUT2D eigenvalue weighted by molar-refractivity contribution is -0.157. The number of amides is 1. The number of benzene rings is 1. The number of ether oxygens (including phenoxy) is 2. The summed E-state index contributed by atoms with van der Waals surface area (Å²) in [5, 5.41) is 2.82. The average molecular weight is 430 g/mol. The molecule has 1 aromatic carbocycles. The minimum absolute atomic E-state index is 0.0543. The Bertz CT molecular complexity index is 751. The lowest BCUT2D eigenvalue weighted by Crippen LogP contribution is -2.37. The van der Waals surface area contributed by atoms with Crippen molar-refractivity contribution in [1.29, 1.82) is 0 Å². The first kappa shape index (κ1) is 26.1. The van der Waals surface area contributed by atoms with Gasteiger partial charge in [-0.1, -0.05) is 49.4 Å². The van der Waals surface area contributed by atoms with E-state index in [1.165, 1.54) is 0 Å². The van der Waals surface area contributed by atoms with Crippen LogP contribution in [0.2, 0.25) is 0 Å². The predicted molar refractivity (Wildman–Crippen MR) is 121 cm³/mol. The van der Waals surface area contributed by atoms with Crippen molar-refractivity contribution in [1.82, 2.24) is 5.32 Å². The molecular formula is C25H35NO5. The van der Waals surface area contributed by atoms with Gasteiger partial charge in [-0.3, -0.25) is 14.4 Å². The Morgan fingerprint density at radius 2 is 1.68 bits per heavy atom. The topological polar surface area (TPSA) is 81.7 Å². The molecule has 0 heterocycles. The van der Waals surface area contributed by atoms with Crippen molar-refractivity contribution < 1.29 is 23.9 Å². The van der Waals surface area contributed by atoms with Crippen LogP contribution in [0.1, 0.15) is 58.6 Å². The summed E-state index contributed by atoms with van der Waals surface area (Å²) in [6.07, 6.45) is 3.40. The summed E-state index contributed by atoms with van der Waals surface area (Å²) in [5.41, 5.74) is 0.149. The summed E-state index contributed by atoms with van der Waals surface area (Å²) in [6, 6.07) is 9.22. The van der Waals surface area contributed by atoms with Crippen molar-refractivity contribution in [2.24, 2.45) is 11.8 Å². The van der Waals surface area contributed by atoms with Gasteiger partial charge in [-0.15, -0.1) is 13.2 Å². The molecule has 1 N–H and O–H groups in total. The Balaban J connectivity index is 2.84. The second-order valence-corrected chi connectivity index (χ2v) is 8.52. The second kappa shape index (κ2) is 12.7. The zero-order valence-electron chi connectivity index (χ0n) is 19.1. The molecule has 0 aliphatic rings. The number of esters is 2. The van der Waals surface area contributed by atoms with Crippen molar-refractivity contribution in [2.45, 2.75) is 58.7 Å². The summed E-state index contributed by atoms with van der Waals surface area (Å²) in [7, 11) is 0. The van der Waals surface area contributed by atoms with Gasteiger partial charge in [0.25, 0.3) is 0 Å². The molecule has 1 aromatic rings. The molecule has 0 aromatic heterocycles. The summed E-state index contributed by atoms with van der Waals surface area (Å²) in [4.78, 5) is 37.4. The molecule has 0 aliphatic carbocycles. The molecule has 1 unspecified atom stereocenters. The van der Waals surface area contributed by atoms with E-state index in [2.05, 4.69) is 18.5 Å². The van der Waals surface area contributed by atoms with Gasteiger partial charge in [0.2, 0.25) is 5.91 Å². The van der Waals surface area contributed by atoms with E-state index < -0.39 is 23.6 Å². The maximum atomic E-state index is 12.8. The Labute approximate surface area is 185 Å². The average Bonchev–Trinajstić information content (AvgIpc) is 2.69. The number of hydrogen-bond donors (Lipinski definition) is 1. The monoisotopic (exact) mass is 429 g/mol. The van der Waals surface area contributed by atoms with Crippen LogP contribution >= 0.6 is 0 Å². The first-order chi connectivity index (χ1) is 14.6. The fourth-order valence-electron chi connectivity index (χ4n) is 2.90. The van der Waals surface area contributed by atoms with Gasteiger partial charge in [0.1, 0.15) is 11.7 Å². The molecule has 0 bridgehead atoms. The highest BCUT2D eigenvalue weighted by Gasteiger charge is 2.26. The number of rotatable bonds is 12. The number of carbonyl (C=O) groups is 3. The first-order valence-electron chi connectivity index (χ1n) is 10.5. The van der Waals surface area contributed by atoms with Crippen LogP contribution < -0.4 is 5.32 Å². The summed E-state index contributed by atoms with van der Waals surface area (Å²) >= 11 is 0. The third kappa shape index (κ3) is 10.1. The molecule has 0 saturated carbocycles. The molecule has 0 fully saturated rings. The van der Waals surface area contributed by atoms with Crippen molar-refractivity contribution in [3.05, 3.63) is 61.2 Å². The van der Waals surface area contributed by atoms with Gasteiger partial charge < -0.3 is 14.8 Å². The highest BCUT2D eigenvalue weighted by molar-refractivity contribution is 5.84. The van der Waals surface area contributed by atoms with Crippen LogP contribution in [-0.2, 0) is 23.9 Å². The Morgan fingerprint density at radius 1 is 1.06 bits per heavy atom. The van der Waals surface area contributed by atoms with Gasteiger partial charge in [0, 0.05) is 0 Å². The standard InChI is InChI=1S/C25H35NO5/c1-7-12-18(3)24(29)30-21(19-14-10-9-11-15-19)17-26-23(28)20(13-8-2)16-22(27)31-25(4,5)6/h7-11,14-15,18,20-21H,1-2,12-13,16-17H2,3-6H3,(H,26,28)/t18-,20?,21+/m1/s1. The van der Waals surface area contributed by atoms with Gasteiger partial charge in [-0.05, 0) is 39.2 Å². The minimum atomic E-state index is -0.643. The molecule has 1 rings (SSSR count). The lowest BCUT2D eigenvalue weighted by atomic mass is 9.99. The van der Waals surface area contributed by atoms with Crippen LogP contribution in [0.5, 0.6) is 0 Å². The Kier molecular flexibility index (Phi) is 10.7. The van der Waals surface area contributed by atoms with Gasteiger partial charge >= 0.3 is 11.9 Å². The number of carbonyl (C=O) groups excluding carboxylic acids is 3. The van der Waals surface area contributed by atoms with Crippen LogP contribution in [0.15, 0.2) is 55.6 Å². The lowest BCUT2D eigenvalue weighted by Gasteiger charge is -2.23. The van der Waals surface area contributed by atoms with Crippen LogP contribution in [0, 0.1) is 11.8 Å². The quantitative estimate of drug-likeness (QED) is 0.390. The summed E-state index contributed by atoms with van der Waals surface area (Å²) < 4.78 is 11.0. The number of nitrogens with one attached hydrogen (secondary N) is 1. The van der Waals surface area contributed by atoms with Crippen LogP contribution in [0.3, 0.4) is 0 Å². The van der Waals surface area contributed by atoms with E-state index in [0.717, 1.165) is 5.56 Å². The fourth-order valence-corrected chi connectivity index (χ4v) is 2.90. The van der Waals surface area contributed by atoms with Crippen LogP contribution in [0.25, 0.3) is 0 Å². The molecule has 0 saturated heterocycles. The van der Waals surface area contributed by atoms with Crippen molar-refractivity contribution >= 4 is 17.8 Å². The van der Waals surface area contributed by atoms with Gasteiger partial charge in [0.05, 0.1) is 24.8 Å². The van der Waals surface area contributed by atoms with Crippen molar-refractivity contribution in [3.63, 3.8) is 0 Å². The van der Waals surface area contributed by atoms with E-state index in [4.69, 9.17) is 9.47 Å². The molecule has 0 aliphatic heterocycles. The Hall–Kier alpha value is -2.89. The predicted octanol–water partition coefficient (Wildman–Crippen LogP) is 4.52. The smallest absolute Gasteiger partial charge is 0.309 e. The van der Waals surface area contributed by atoms with Gasteiger partial charge in [-0.25, -0.2) is 0 Å². The zero-order valence-corrected chi connectivity index (χ0v) is 19.1. The zero-order chi connectivity index (χ0) is 23.4. The maximum Gasteiger partial charge on any atom is 0.309 e. The Morgan fingerprint density at radius 3 is 2.23 bits per heavy atom. The van der Waals surface area contributed by atoms with Crippen molar-refractivity contribution in [3.8, 4) is 0 Å². The molecule has 1 amide bonds. The normalized spacial score (nSPS) is 13.9. The molecule has 0 radical (unpaired) electrons. The maximum absolute atomic E-state index is 12.8. The van der Waals surface area contributed by atoms with E-state index in [1.807, 2.05) is 30.3 Å². The third-order valence-corrected chi connectivity index (χ3v) is 4.47. The minimum Gasteiger partial charge on any atom is -0.460 e. The van der Waals surface area contributed by atoms with Crippen LogP contribution in [-0.4, -0.2) is 30.0 Å². The van der Waals surface area contributed by atoms with E-state index >= 15 is 0 Å². The largest absolute Gasteiger partial charge is 0.460 e.